The van der Waals surface area contributed by atoms with Gasteiger partial charge in [-0.25, -0.2) is 9.59 Å². The Kier molecular flexibility index (Phi) is 6.70. The Hall–Kier alpha value is -2.46. The molecule has 1 aliphatic carbocycles. The first-order chi connectivity index (χ1) is 14.5. The molecule has 0 radical (unpaired) electrons. The van der Waals surface area contributed by atoms with Gasteiger partial charge >= 0.3 is 12.1 Å². The molecule has 9 nitrogen and oxygen atoms in total. The molecular weight excluding hydrogens is 446 g/mol. The highest BCUT2D eigenvalue weighted by Crippen LogP contribution is 2.41. The summed E-state index contributed by atoms with van der Waals surface area (Å²) in [5, 5.41) is 14.1. The number of carboxylic acids is 1. The third kappa shape index (κ3) is 5.07. The van der Waals surface area contributed by atoms with Gasteiger partial charge in [0.1, 0.15) is 28.8 Å². The van der Waals surface area contributed by atoms with E-state index in [1.807, 2.05) is 18.2 Å². The van der Waals surface area contributed by atoms with E-state index in [9.17, 15) is 24.3 Å². The molecule has 3 atom stereocenters. The van der Waals surface area contributed by atoms with Gasteiger partial charge in [-0.3, -0.25) is 14.5 Å². The van der Waals surface area contributed by atoms with Crippen LogP contribution in [0.25, 0.3) is 0 Å². The summed E-state index contributed by atoms with van der Waals surface area (Å²) in [6.07, 6.45) is 6.02. The Labute approximate surface area is 188 Å². The van der Waals surface area contributed by atoms with Crippen LogP contribution in [0.3, 0.4) is 0 Å². The van der Waals surface area contributed by atoms with Crippen molar-refractivity contribution < 1.29 is 29.0 Å². The average molecular weight is 470 g/mol. The number of hydrogen-bond donors (Lipinski definition) is 3. The van der Waals surface area contributed by atoms with Crippen LogP contribution < -0.4 is 10.6 Å². The van der Waals surface area contributed by atoms with Crippen molar-refractivity contribution in [1.82, 2.24) is 15.5 Å². The zero-order valence-electron chi connectivity index (χ0n) is 17.3. The van der Waals surface area contributed by atoms with E-state index < -0.39 is 46.9 Å². The number of alkyl carbamates (subject to hydrolysis) is 1. The van der Waals surface area contributed by atoms with Crippen molar-refractivity contribution in [2.45, 2.75) is 56.7 Å². The Morgan fingerprint density at radius 3 is 2.61 bits per heavy atom. The average Bonchev–Trinajstić information content (AvgIpc) is 2.69. The molecule has 31 heavy (non-hydrogen) atoms. The number of halogens is 1. The molecule has 168 valence electrons. The Balaban J connectivity index is 1.74. The maximum Gasteiger partial charge on any atom is 0.408 e. The standard InChI is InChI=1S/C20H24ClN3O6S/c1-20(2,3)30-19(29)23-12(10-7-5-4-6-8-10)15(25)22-13-16(26)24-14(18(27)28)11(21)9-31-17(13)24/h4-5,8,12-13,17H,6-7,9H2,1-3H3,(H,22,25)(H,23,29)(H,27,28)/t12?,13-,17-/m1/s1. The Bertz CT molecular complexity index is 907. The van der Waals surface area contributed by atoms with Gasteiger partial charge < -0.3 is 20.5 Å². The minimum Gasteiger partial charge on any atom is -0.477 e. The molecule has 1 saturated heterocycles. The number of carbonyl (C=O) groups excluding carboxylic acids is 3. The van der Waals surface area contributed by atoms with E-state index in [2.05, 4.69) is 10.6 Å². The summed E-state index contributed by atoms with van der Waals surface area (Å²) in [4.78, 5) is 50.5. The lowest BCUT2D eigenvalue weighted by molar-refractivity contribution is -0.150. The summed E-state index contributed by atoms with van der Waals surface area (Å²) in [5.74, 6) is -2.20. The van der Waals surface area contributed by atoms with E-state index in [4.69, 9.17) is 16.3 Å². The van der Waals surface area contributed by atoms with Crippen LogP contribution in [0.2, 0.25) is 0 Å². The molecule has 2 heterocycles. The van der Waals surface area contributed by atoms with Crippen molar-refractivity contribution in [1.29, 1.82) is 0 Å². The lowest BCUT2D eigenvalue weighted by atomic mass is 9.96. The van der Waals surface area contributed by atoms with Gasteiger partial charge in [0.25, 0.3) is 5.91 Å². The van der Waals surface area contributed by atoms with Gasteiger partial charge in [0, 0.05) is 5.75 Å². The molecule has 2 aliphatic heterocycles. The smallest absolute Gasteiger partial charge is 0.408 e. The third-order valence-corrected chi connectivity index (χ3v) is 6.50. The molecule has 1 unspecified atom stereocenters. The van der Waals surface area contributed by atoms with E-state index in [0.29, 0.717) is 18.4 Å². The number of rotatable bonds is 5. The Morgan fingerprint density at radius 2 is 2.03 bits per heavy atom. The number of aliphatic carboxylic acids is 1. The summed E-state index contributed by atoms with van der Waals surface area (Å²) >= 11 is 7.24. The monoisotopic (exact) mass is 469 g/mol. The quantitative estimate of drug-likeness (QED) is 0.416. The molecule has 3 amide bonds. The second kappa shape index (κ2) is 8.96. The van der Waals surface area contributed by atoms with Crippen molar-refractivity contribution in [2.24, 2.45) is 0 Å². The van der Waals surface area contributed by atoms with Crippen molar-refractivity contribution in [3.05, 3.63) is 34.5 Å². The minimum atomic E-state index is -1.29. The number of allylic oxidation sites excluding steroid dienone is 3. The SMILES string of the molecule is CC(C)(C)OC(=O)NC(C(=O)N[C@@H]1C(=O)N2C(C(=O)O)=C(Cl)CS[C@H]12)C1=CCC=CC1. The third-order valence-electron chi connectivity index (χ3n) is 4.75. The molecule has 11 heteroatoms. The van der Waals surface area contributed by atoms with E-state index in [1.54, 1.807) is 20.8 Å². The number of fused-ring (bicyclic) bond motifs is 1. The van der Waals surface area contributed by atoms with E-state index in [1.165, 1.54) is 11.8 Å². The number of amides is 3. The summed E-state index contributed by atoms with van der Waals surface area (Å²) < 4.78 is 5.27. The molecule has 0 aromatic heterocycles. The van der Waals surface area contributed by atoms with Gasteiger partial charge in [0.05, 0.1) is 5.03 Å². The van der Waals surface area contributed by atoms with Gasteiger partial charge in [0.15, 0.2) is 0 Å². The van der Waals surface area contributed by atoms with Crippen LogP contribution in [0.15, 0.2) is 34.5 Å². The molecule has 0 aromatic rings. The zero-order valence-corrected chi connectivity index (χ0v) is 18.9. The molecule has 1 fully saturated rings. The summed E-state index contributed by atoms with van der Waals surface area (Å²) in [5.41, 5.74) is -0.321. The lowest BCUT2D eigenvalue weighted by Gasteiger charge is -2.49. The lowest BCUT2D eigenvalue weighted by Crippen LogP contribution is -2.71. The highest BCUT2D eigenvalue weighted by molar-refractivity contribution is 8.00. The molecule has 3 aliphatic rings. The first-order valence-electron chi connectivity index (χ1n) is 9.70. The van der Waals surface area contributed by atoms with Crippen LogP contribution in [-0.2, 0) is 19.1 Å². The summed E-state index contributed by atoms with van der Waals surface area (Å²) in [7, 11) is 0. The number of carboxylic acid groups (broad SMARTS) is 1. The minimum absolute atomic E-state index is 0.0792. The molecule has 0 aromatic carbocycles. The fourth-order valence-corrected chi connectivity index (χ4v) is 4.97. The second-order valence-electron chi connectivity index (χ2n) is 8.22. The predicted octanol–water partition coefficient (Wildman–Crippen LogP) is 2.09. The fraction of sp³-hybridized carbons (Fsp3) is 0.500. The number of nitrogens with one attached hydrogen (secondary N) is 2. The van der Waals surface area contributed by atoms with Crippen LogP contribution in [-0.4, -0.2) is 62.7 Å². The van der Waals surface area contributed by atoms with Crippen molar-refractivity contribution in [3.8, 4) is 0 Å². The summed E-state index contributed by atoms with van der Waals surface area (Å²) in [6, 6.07) is -1.94. The molecule has 0 spiro atoms. The molecule has 0 saturated carbocycles. The second-order valence-corrected chi connectivity index (χ2v) is 9.79. The van der Waals surface area contributed by atoms with Crippen molar-refractivity contribution in [3.63, 3.8) is 0 Å². The van der Waals surface area contributed by atoms with Gasteiger partial charge in [-0.15, -0.1) is 11.8 Å². The van der Waals surface area contributed by atoms with Gasteiger partial charge in [-0.1, -0.05) is 29.8 Å². The maximum atomic E-state index is 13.1. The van der Waals surface area contributed by atoms with E-state index in [0.717, 1.165) is 4.90 Å². The normalized spacial score (nSPS) is 23.9. The first kappa shape index (κ1) is 23.2. The molecule has 3 rings (SSSR count). The zero-order chi connectivity index (χ0) is 22.9. The van der Waals surface area contributed by atoms with Gasteiger partial charge in [-0.05, 0) is 39.2 Å². The highest BCUT2D eigenvalue weighted by Gasteiger charge is 2.54. The number of β-lactam (4-membered cyclic amide) rings is 1. The number of carbonyl (C=O) groups is 4. The number of ether oxygens (including phenoxy) is 1. The molecule has 0 bridgehead atoms. The van der Waals surface area contributed by atoms with Crippen LogP contribution in [0.1, 0.15) is 33.6 Å². The molecular formula is C20H24ClN3O6S. The van der Waals surface area contributed by atoms with Crippen LogP contribution in [0, 0.1) is 0 Å². The first-order valence-corrected chi connectivity index (χ1v) is 11.1. The van der Waals surface area contributed by atoms with Crippen LogP contribution in [0.4, 0.5) is 4.79 Å². The van der Waals surface area contributed by atoms with Gasteiger partial charge in [-0.2, -0.15) is 0 Å². The van der Waals surface area contributed by atoms with Crippen LogP contribution in [0.5, 0.6) is 0 Å². The van der Waals surface area contributed by atoms with Crippen LogP contribution >= 0.6 is 23.4 Å². The molecule has 3 N–H and O–H groups in total. The van der Waals surface area contributed by atoms with Crippen molar-refractivity contribution >= 4 is 47.2 Å². The number of thioether (sulfide) groups is 1. The van der Waals surface area contributed by atoms with Gasteiger partial charge in [0.2, 0.25) is 5.91 Å². The fourth-order valence-electron chi connectivity index (χ4n) is 3.42. The largest absolute Gasteiger partial charge is 0.477 e. The topological polar surface area (TPSA) is 125 Å². The Morgan fingerprint density at radius 1 is 1.32 bits per heavy atom. The predicted molar refractivity (Wildman–Crippen MR) is 115 cm³/mol. The van der Waals surface area contributed by atoms with E-state index in [-0.39, 0.29) is 16.5 Å². The number of nitrogens with zero attached hydrogens (tertiary/aromatic N) is 1. The maximum absolute atomic E-state index is 13.1. The summed E-state index contributed by atoms with van der Waals surface area (Å²) in [6.45, 7) is 5.14. The number of hydrogen-bond acceptors (Lipinski definition) is 6. The highest BCUT2D eigenvalue weighted by atomic mass is 35.5. The van der Waals surface area contributed by atoms with Crippen molar-refractivity contribution in [2.75, 3.05) is 5.75 Å². The van der Waals surface area contributed by atoms with E-state index >= 15 is 0 Å².